The second-order valence-corrected chi connectivity index (χ2v) is 5.05. The molecule has 4 nitrogen and oxygen atoms in total. The number of hydrogen-bond acceptors (Lipinski definition) is 4. The molecule has 1 unspecified atom stereocenters. The maximum Gasteiger partial charge on any atom is 0.161 e. The van der Waals surface area contributed by atoms with Crippen molar-refractivity contribution in [2.24, 2.45) is 0 Å². The molecule has 3 rings (SSSR count). The highest BCUT2D eigenvalue weighted by atomic mass is 16.6. The first kappa shape index (κ1) is 13.8. The van der Waals surface area contributed by atoms with Crippen LogP contribution in [-0.2, 0) is 0 Å². The van der Waals surface area contributed by atoms with Crippen molar-refractivity contribution < 1.29 is 19.3 Å². The number of aliphatic hydroxyl groups is 1. The van der Waals surface area contributed by atoms with Gasteiger partial charge in [0.05, 0.1) is 7.11 Å². The maximum absolute atomic E-state index is 10.7. The summed E-state index contributed by atoms with van der Waals surface area (Å²) in [6.45, 7) is 3.07. The van der Waals surface area contributed by atoms with Gasteiger partial charge in [-0.25, -0.2) is 0 Å². The molecule has 1 atom stereocenters. The van der Waals surface area contributed by atoms with Crippen LogP contribution in [0.4, 0.5) is 0 Å². The lowest BCUT2D eigenvalue weighted by Crippen LogP contribution is -2.15. The summed E-state index contributed by atoms with van der Waals surface area (Å²) in [6, 6.07) is 11.3. The Morgan fingerprint density at radius 3 is 2.57 bits per heavy atom. The van der Waals surface area contributed by atoms with Crippen LogP contribution in [0.5, 0.6) is 17.2 Å². The number of fused-ring (bicyclic) bond motifs is 1. The first-order valence-corrected chi connectivity index (χ1v) is 6.91. The molecule has 0 aliphatic carbocycles. The normalized spacial score (nSPS) is 14.6. The number of aliphatic hydroxyl groups excluding tert-OH is 1. The van der Waals surface area contributed by atoms with E-state index in [1.165, 1.54) is 0 Å². The van der Waals surface area contributed by atoms with Crippen LogP contribution in [0.1, 0.15) is 22.8 Å². The zero-order valence-electron chi connectivity index (χ0n) is 12.1. The van der Waals surface area contributed by atoms with Gasteiger partial charge in [-0.1, -0.05) is 17.7 Å². The van der Waals surface area contributed by atoms with Crippen molar-refractivity contribution >= 4 is 0 Å². The van der Waals surface area contributed by atoms with Gasteiger partial charge in [-0.2, -0.15) is 0 Å². The number of hydrogen-bond donors (Lipinski definition) is 1. The van der Waals surface area contributed by atoms with Crippen molar-refractivity contribution in [3.05, 3.63) is 53.1 Å². The molecular weight excluding hydrogens is 268 g/mol. The molecule has 0 fully saturated rings. The molecule has 110 valence electrons. The molecule has 1 heterocycles. The van der Waals surface area contributed by atoms with Crippen LogP contribution in [0.2, 0.25) is 0 Å². The number of methoxy groups -OCH3 is 1. The molecule has 1 aliphatic heterocycles. The number of ether oxygens (including phenoxy) is 3. The lowest BCUT2D eigenvalue weighted by molar-refractivity contribution is 0.169. The molecule has 0 aromatic heterocycles. The molecule has 21 heavy (non-hydrogen) atoms. The van der Waals surface area contributed by atoms with E-state index in [4.69, 9.17) is 14.2 Å². The molecule has 2 aromatic rings. The minimum Gasteiger partial charge on any atom is -0.496 e. The zero-order valence-corrected chi connectivity index (χ0v) is 12.1. The Morgan fingerprint density at radius 1 is 1.05 bits per heavy atom. The summed E-state index contributed by atoms with van der Waals surface area (Å²) in [5.41, 5.74) is 2.57. The topological polar surface area (TPSA) is 47.9 Å². The second-order valence-electron chi connectivity index (χ2n) is 5.05. The van der Waals surface area contributed by atoms with Gasteiger partial charge in [0.2, 0.25) is 0 Å². The molecule has 0 saturated heterocycles. The molecule has 0 amide bonds. The smallest absolute Gasteiger partial charge is 0.161 e. The fraction of sp³-hybridized carbons (Fsp3) is 0.294. The molecule has 0 saturated carbocycles. The van der Waals surface area contributed by atoms with Crippen LogP contribution in [0, 0.1) is 6.92 Å². The first-order valence-electron chi connectivity index (χ1n) is 6.91. The van der Waals surface area contributed by atoms with E-state index in [1.807, 2.05) is 43.3 Å². The van der Waals surface area contributed by atoms with Gasteiger partial charge in [0.15, 0.2) is 11.5 Å². The van der Waals surface area contributed by atoms with Crippen molar-refractivity contribution in [2.75, 3.05) is 20.3 Å². The number of benzene rings is 2. The van der Waals surface area contributed by atoms with E-state index in [0.29, 0.717) is 30.5 Å². The molecule has 1 aliphatic rings. The molecule has 0 spiro atoms. The third-order valence-electron chi connectivity index (χ3n) is 3.56. The predicted molar refractivity (Wildman–Crippen MR) is 79.2 cm³/mol. The quantitative estimate of drug-likeness (QED) is 0.942. The maximum atomic E-state index is 10.7. The van der Waals surface area contributed by atoms with E-state index in [1.54, 1.807) is 7.11 Å². The van der Waals surface area contributed by atoms with Gasteiger partial charge < -0.3 is 19.3 Å². The van der Waals surface area contributed by atoms with Crippen LogP contribution in [-0.4, -0.2) is 25.4 Å². The molecule has 0 radical (unpaired) electrons. The highest BCUT2D eigenvalue weighted by molar-refractivity contribution is 5.48. The molecule has 1 N–H and O–H groups in total. The Hall–Kier alpha value is -2.20. The van der Waals surface area contributed by atoms with Gasteiger partial charge >= 0.3 is 0 Å². The van der Waals surface area contributed by atoms with Crippen LogP contribution >= 0.6 is 0 Å². The fourth-order valence-electron chi connectivity index (χ4n) is 2.48. The highest BCUT2D eigenvalue weighted by Crippen LogP contribution is 2.36. The molecule has 4 heteroatoms. The van der Waals surface area contributed by atoms with E-state index in [9.17, 15) is 5.11 Å². The highest BCUT2D eigenvalue weighted by Gasteiger charge is 2.19. The Labute approximate surface area is 123 Å². The van der Waals surface area contributed by atoms with Crippen molar-refractivity contribution in [1.29, 1.82) is 0 Å². The number of rotatable bonds is 3. The summed E-state index contributed by atoms with van der Waals surface area (Å²) >= 11 is 0. The monoisotopic (exact) mass is 286 g/mol. The molecule has 2 aromatic carbocycles. The number of aryl methyl sites for hydroxylation is 1. The van der Waals surface area contributed by atoms with Crippen molar-refractivity contribution in [3.63, 3.8) is 0 Å². The van der Waals surface area contributed by atoms with E-state index in [0.717, 1.165) is 16.7 Å². The summed E-state index contributed by atoms with van der Waals surface area (Å²) in [6.07, 6.45) is -0.768. The van der Waals surface area contributed by atoms with Gasteiger partial charge in [0.1, 0.15) is 25.1 Å². The van der Waals surface area contributed by atoms with Gasteiger partial charge in [0, 0.05) is 5.56 Å². The third kappa shape index (κ3) is 2.67. The fourth-order valence-corrected chi connectivity index (χ4v) is 2.48. The molecular formula is C17H18O4. The van der Waals surface area contributed by atoms with Gasteiger partial charge in [-0.3, -0.25) is 0 Å². The Morgan fingerprint density at radius 2 is 1.81 bits per heavy atom. The summed E-state index contributed by atoms with van der Waals surface area (Å²) in [5.74, 6) is 2.06. The van der Waals surface area contributed by atoms with Crippen LogP contribution in [0.15, 0.2) is 36.4 Å². The first-order chi connectivity index (χ1) is 10.2. The van der Waals surface area contributed by atoms with Gasteiger partial charge in [0.25, 0.3) is 0 Å². The Balaban J connectivity index is 1.98. The average Bonchev–Trinajstić information content (AvgIpc) is 2.53. The van der Waals surface area contributed by atoms with Crippen LogP contribution in [0.25, 0.3) is 0 Å². The Kier molecular flexibility index (Phi) is 3.71. The molecule has 0 bridgehead atoms. The summed E-state index contributed by atoms with van der Waals surface area (Å²) in [7, 11) is 1.60. The lowest BCUT2D eigenvalue weighted by Gasteiger charge is -2.21. The van der Waals surface area contributed by atoms with Crippen molar-refractivity contribution in [2.45, 2.75) is 13.0 Å². The zero-order chi connectivity index (χ0) is 14.8. The lowest BCUT2D eigenvalue weighted by atomic mass is 9.98. The average molecular weight is 286 g/mol. The largest absolute Gasteiger partial charge is 0.496 e. The summed E-state index contributed by atoms with van der Waals surface area (Å²) in [5, 5.41) is 10.7. The summed E-state index contributed by atoms with van der Waals surface area (Å²) in [4.78, 5) is 0. The van der Waals surface area contributed by atoms with Crippen LogP contribution in [0.3, 0.4) is 0 Å². The second kappa shape index (κ2) is 5.66. The van der Waals surface area contributed by atoms with Crippen LogP contribution < -0.4 is 14.2 Å². The van der Waals surface area contributed by atoms with E-state index >= 15 is 0 Å². The van der Waals surface area contributed by atoms with Crippen molar-refractivity contribution in [3.8, 4) is 17.2 Å². The predicted octanol–water partition coefficient (Wildman–Crippen LogP) is 2.86. The van der Waals surface area contributed by atoms with E-state index in [2.05, 4.69) is 0 Å². The van der Waals surface area contributed by atoms with E-state index in [-0.39, 0.29) is 0 Å². The van der Waals surface area contributed by atoms with Gasteiger partial charge in [-0.05, 0) is 36.8 Å². The van der Waals surface area contributed by atoms with E-state index < -0.39 is 6.10 Å². The SMILES string of the molecule is COc1ccc(C)cc1C(O)c1ccc2c(c1)OCCO2. The van der Waals surface area contributed by atoms with Gasteiger partial charge in [-0.15, -0.1) is 0 Å². The standard InChI is InChI=1S/C17H18O4/c1-11-3-5-14(19-2)13(9-11)17(18)12-4-6-15-16(10-12)21-8-7-20-15/h3-6,9-10,17-18H,7-8H2,1-2H3. The summed E-state index contributed by atoms with van der Waals surface area (Å²) < 4.78 is 16.4. The van der Waals surface area contributed by atoms with Crippen molar-refractivity contribution in [1.82, 2.24) is 0 Å². The Bertz CT molecular complexity index is 651. The minimum absolute atomic E-state index is 0.528. The third-order valence-corrected chi connectivity index (χ3v) is 3.56. The minimum atomic E-state index is -0.768.